The Morgan fingerprint density at radius 1 is 0.783 bits per heavy atom. The number of carbonyl (C=O) groups excluding carboxylic acids is 2. The van der Waals surface area contributed by atoms with Crippen molar-refractivity contribution in [3.05, 3.63) is 35.9 Å². The molecular weight excluding hydrogens is 304 g/mol. The number of hydrogen-bond acceptors (Lipinski definition) is 7. The van der Waals surface area contributed by atoms with Crippen LogP contribution in [0.3, 0.4) is 0 Å². The molecular formula is C16H22O7. The van der Waals surface area contributed by atoms with Gasteiger partial charge in [-0.05, 0) is 0 Å². The van der Waals surface area contributed by atoms with Gasteiger partial charge in [0.25, 0.3) is 5.78 Å². The molecule has 0 spiro atoms. The number of carbonyl (C=O) groups is 2. The maximum Gasteiger partial charge on any atom is 0.379 e. The molecule has 7 nitrogen and oxygen atoms in total. The van der Waals surface area contributed by atoms with Crippen LogP contribution in [0.15, 0.2) is 30.3 Å². The van der Waals surface area contributed by atoms with Gasteiger partial charge < -0.3 is 24.1 Å². The monoisotopic (exact) mass is 326 g/mol. The van der Waals surface area contributed by atoms with E-state index in [1.807, 2.05) is 0 Å². The van der Waals surface area contributed by atoms with Crippen molar-refractivity contribution in [2.75, 3.05) is 52.9 Å². The molecule has 0 amide bonds. The summed E-state index contributed by atoms with van der Waals surface area (Å²) in [5, 5.41) is 8.48. The number of aliphatic hydroxyl groups is 1. The number of hydrogen-bond donors (Lipinski definition) is 1. The Hall–Kier alpha value is -1.80. The normalized spacial score (nSPS) is 10.5. The molecule has 0 radical (unpaired) electrons. The van der Waals surface area contributed by atoms with Crippen molar-refractivity contribution in [2.45, 2.75) is 0 Å². The summed E-state index contributed by atoms with van der Waals surface area (Å²) < 4.78 is 20.3. The molecule has 1 aromatic carbocycles. The van der Waals surface area contributed by atoms with Crippen LogP contribution in [0, 0.1) is 0 Å². The summed E-state index contributed by atoms with van der Waals surface area (Å²) in [6.07, 6.45) is 0. The lowest BCUT2D eigenvalue weighted by Gasteiger charge is -2.07. The summed E-state index contributed by atoms with van der Waals surface area (Å²) in [4.78, 5) is 23.2. The van der Waals surface area contributed by atoms with Crippen molar-refractivity contribution < 1.29 is 33.6 Å². The highest BCUT2D eigenvalue weighted by Crippen LogP contribution is 2.01. The standard InChI is InChI=1S/C16H22O7/c17-6-7-20-8-9-21-10-11-22-12-13-23-16(19)15(18)14-4-2-1-3-5-14/h1-5,17H,6-13H2. The summed E-state index contributed by atoms with van der Waals surface area (Å²) >= 11 is 0. The van der Waals surface area contributed by atoms with Gasteiger partial charge in [-0.1, -0.05) is 30.3 Å². The number of benzene rings is 1. The Labute approximate surface area is 135 Å². The first-order valence-corrected chi connectivity index (χ1v) is 7.36. The average molecular weight is 326 g/mol. The zero-order valence-corrected chi connectivity index (χ0v) is 12.9. The first-order valence-electron chi connectivity index (χ1n) is 7.36. The zero-order valence-electron chi connectivity index (χ0n) is 12.9. The first kappa shape index (κ1) is 19.2. The molecule has 1 rings (SSSR count). The molecule has 0 bridgehead atoms. The molecule has 1 aromatic rings. The smallest absolute Gasteiger partial charge is 0.379 e. The Morgan fingerprint density at radius 2 is 1.30 bits per heavy atom. The van der Waals surface area contributed by atoms with Crippen molar-refractivity contribution in [3.63, 3.8) is 0 Å². The molecule has 7 heteroatoms. The molecule has 0 heterocycles. The zero-order chi connectivity index (χ0) is 16.8. The highest BCUT2D eigenvalue weighted by molar-refractivity contribution is 6.40. The Bertz CT molecular complexity index is 447. The van der Waals surface area contributed by atoms with Gasteiger partial charge in [-0.3, -0.25) is 4.79 Å². The summed E-state index contributed by atoms with van der Waals surface area (Å²) in [5.41, 5.74) is 0.301. The number of esters is 1. The van der Waals surface area contributed by atoms with E-state index in [0.29, 0.717) is 38.6 Å². The molecule has 0 fully saturated rings. The number of rotatable bonds is 13. The predicted octanol–water partition coefficient (Wildman–Crippen LogP) is 0.455. The Kier molecular flexibility index (Phi) is 10.6. The van der Waals surface area contributed by atoms with E-state index in [2.05, 4.69) is 0 Å². The van der Waals surface area contributed by atoms with Crippen LogP contribution in [0.4, 0.5) is 0 Å². The highest BCUT2D eigenvalue weighted by Gasteiger charge is 2.16. The number of ether oxygens (including phenoxy) is 4. The second-order valence-corrected chi connectivity index (χ2v) is 4.39. The second-order valence-electron chi connectivity index (χ2n) is 4.39. The summed E-state index contributed by atoms with van der Waals surface area (Å²) in [6.45, 7) is 2.07. The Morgan fingerprint density at radius 3 is 1.87 bits per heavy atom. The molecule has 0 aromatic heterocycles. The molecule has 0 aliphatic carbocycles. The van der Waals surface area contributed by atoms with Gasteiger partial charge >= 0.3 is 5.97 Å². The van der Waals surface area contributed by atoms with Crippen molar-refractivity contribution in [1.29, 1.82) is 0 Å². The Balaban J connectivity index is 1.96. The van der Waals surface area contributed by atoms with E-state index in [1.165, 1.54) is 0 Å². The molecule has 1 N–H and O–H groups in total. The largest absolute Gasteiger partial charge is 0.457 e. The van der Waals surface area contributed by atoms with Gasteiger partial charge in [-0.2, -0.15) is 0 Å². The number of ketones is 1. The highest BCUT2D eigenvalue weighted by atomic mass is 16.6. The topological polar surface area (TPSA) is 91.3 Å². The third-order valence-corrected chi connectivity index (χ3v) is 2.66. The van der Waals surface area contributed by atoms with E-state index < -0.39 is 11.8 Å². The fourth-order valence-corrected chi connectivity index (χ4v) is 1.57. The van der Waals surface area contributed by atoms with Crippen molar-refractivity contribution in [2.24, 2.45) is 0 Å². The lowest BCUT2D eigenvalue weighted by atomic mass is 10.1. The van der Waals surface area contributed by atoms with E-state index in [-0.39, 0.29) is 19.8 Å². The SMILES string of the molecule is O=C(OCCOCCOCCOCCO)C(=O)c1ccccc1. The molecule has 0 saturated carbocycles. The van der Waals surface area contributed by atoms with E-state index in [0.717, 1.165) is 0 Å². The lowest BCUT2D eigenvalue weighted by Crippen LogP contribution is -2.20. The van der Waals surface area contributed by atoms with E-state index in [9.17, 15) is 9.59 Å². The van der Waals surface area contributed by atoms with Crippen LogP contribution in [0.25, 0.3) is 0 Å². The quantitative estimate of drug-likeness (QED) is 0.244. The average Bonchev–Trinajstić information content (AvgIpc) is 2.59. The molecule has 0 unspecified atom stereocenters. The number of aliphatic hydroxyl groups excluding tert-OH is 1. The molecule has 23 heavy (non-hydrogen) atoms. The van der Waals surface area contributed by atoms with Crippen LogP contribution in [0.2, 0.25) is 0 Å². The number of Topliss-reactive ketones (excluding diaryl/α,β-unsaturated/α-hetero) is 1. The van der Waals surface area contributed by atoms with Crippen LogP contribution in [-0.2, 0) is 23.7 Å². The van der Waals surface area contributed by atoms with Gasteiger partial charge in [0, 0.05) is 5.56 Å². The van der Waals surface area contributed by atoms with Crippen LogP contribution in [-0.4, -0.2) is 69.7 Å². The maximum absolute atomic E-state index is 11.7. The molecule has 128 valence electrons. The van der Waals surface area contributed by atoms with E-state index >= 15 is 0 Å². The van der Waals surface area contributed by atoms with Crippen molar-refractivity contribution in [1.82, 2.24) is 0 Å². The molecule has 0 saturated heterocycles. The third kappa shape index (κ3) is 9.04. The summed E-state index contributed by atoms with van der Waals surface area (Å²) in [6, 6.07) is 8.23. The van der Waals surface area contributed by atoms with Gasteiger partial charge in [0.15, 0.2) is 0 Å². The fraction of sp³-hybridized carbons (Fsp3) is 0.500. The summed E-state index contributed by atoms with van der Waals surface area (Å²) in [5.74, 6) is -1.56. The van der Waals surface area contributed by atoms with Crippen molar-refractivity contribution in [3.8, 4) is 0 Å². The van der Waals surface area contributed by atoms with Gasteiger partial charge in [0.2, 0.25) is 0 Å². The minimum atomic E-state index is -0.892. The second kappa shape index (κ2) is 12.7. The predicted molar refractivity (Wildman–Crippen MR) is 81.3 cm³/mol. The van der Waals surface area contributed by atoms with Gasteiger partial charge in [-0.15, -0.1) is 0 Å². The van der Waals surface area contributed by atoms with Gasteiger partial charge in [0.1, 0.15) is 6.61 Å². The van der Waals surface area contributed by atoms with Crippen LogP contribution < -0.4 is 0 Å². The van der Waals surface area contributed by atoms with Crippen LogP contribution >= 0.6 is 0 Å². The third-order valence-electron chi connectivity index (χ3n) is 2.66. The van der Waals surface area contributed by atoms with Gasteiger partial charge in [0.05, 0.1) is 46.2 Å². The minimum Gasteiger partial charge on any atom is -0.457 e. The molecule has 0 aliphatic rings. The maximum atomic E-state index is 11.7. The molecule has 0 atom stereocenters. The van der Waals surface area contributed by atoms with E-state index in [1.54, 1.807) is 30.3 Å². The lowest BCUT2D eigenvalue weighted by molar-refractivity contribution is -0.139. The fourth-order valence-electron chi connectivity index (χ4n) is 1.57. The summed E-state index contributed by atoms with van der Waals surface area (Å²) in [7, 11) is 0. The molecule has 0 aliphatic heterocycles. The van der Waals surface area contributed by atoms with Crippen molar-refractivity contribution >= 4 is 11.8 Å². The minimum absolute atomic E-state index is 0.00535. The van der Waals surface area contributed by atoms with Gasteiger partial charge in [-0.25, -0.2) is 4.79 Å². The van der Waals surface area contributed by atoms with E-state index in [4.69, 9.17) is 24.1 Å². The van der Waals surface area contributed by atoms with Crippen LogP contribution in [0.1, 0.15) is 10.4 Å². The first-order chi connectivity index (χ1) is 11.3. The van der Waals surface area contributed by atoms with Crippen LogP contribution in [0.5, 0.6) is 0 Å².